The molecule has 6 atom stereocenters. The number of unbranched alkanes of at least 4 members (excludes halogenated alkanes) is 31. The minimum absolute atomic E-state index is 0.0837. The minimum atomic E-state index is -4.96. The van der Waals surface area contributed by atoms with Crippen LogP contribution in [0.25, 0.3) is 0 Å². The zero-order valence-corrected chi connectivity index (χ0v) is 59.9. The Balaban J connectivity index is 5.28. The summed E-state index contributed by atoms with van der Waals surface area (Å²) in [5.74, 6) is 0.0482. The Morgan fingerprint density at radius 1 is 0.367 bits per heavy atom. The van der Waals surface area contributed by atoms with Crippen LogP contribution in [0.15, 0.2) is 24.3 Å². The molecule has 0 saturated heterocycles. The molecule has 3 N–H and O–H groups in total. The predicted molar refractivity (Wildman–Crippen MR) is 363 cm³/mol. The lowest BCUT2D eigenvalue weighted by Gasteiger charge is -2.21. The number of phosphoric ester groups is 2. The maximum atomic E-state index is 13.0. The monoisotopic (exact) mass is 1320 g/mol. The maximum absolute atomic E-state index is 13.0. The van der Waals surface area contributed by atoms with Crippen molar-refractivity contribution in [1.82, 2.24) is 0 Å². The first-order valence-corrected chi connectivity index (χ1v) is 39.2. The topological polar surface area (TPSA) is 237 Å². The molecule has 17 nitrogen and oxygen atoms in total. The quantitative estimate of drug-likeness (QED) is 0.0169. The summed E-state index contributed by atoms with van der Waals surface area (Å²) in [4.78, 5) is 72.5. The number of ether oxygens (including phenoxy) is 4. The fourth-order valence-electron chi connectivity index (χ4n) is 10.1. The molecule has 0 aliphatic heterocycles. The molecule has 0 heterocycles. The van der Waals surface area contributed by atoms with Crippen molar-refractivity contribution < 1.29 is 80.2 Å². The second-order valence-electron chi connectivity index (χ2n) is 26.1. The predicted octanol–water partition coefficient (Wildman–Crippen LogP) is 19.8. The molecule has 0 bridgehead atoms. The van der Waals surface area contributed by atoms with Gasteiger partial charge in [0.15, 0.2) is 12.2 Å². The van der Waals surface area contributed by atoms with E-state index in [1.807, 2.05) is 0 Å². The van der Waals surface area contributed by atoms with E-state index in [0.717, 1.165) is 127 Å². The third-order valence-electron chi connectivity index (χ3n) is 16.1. The molecule has 0 aromatic rings. The van der Waals surface area contributed by atoms with E-state index in [0.29, 0.717) is 31.6 Å². The summed E-state index contributed by atoms with van der Waals surface area (Å²) in [6.45, 7) is 11.7. The van der Waals surface area contributed by atoms with E-state index in [2.05, 4.69) is 72.8 Å². The average molecular weight is 1320 g/mol. The van der Waals surface area contributed by atoms with E-state index in [1.54, 1.807) is 0 Å². The molecule has 19 heteroatoms. The first-order chi connectivity index (χ1) is 43.3. The van der Waals surface area contributed by atoms with Crippen LogP contribution in [0, 0.1) is 17.8 Å². The molecule has 530 valence electrons. The van der Waals surface area contributed by atoms with Crippen molar-refractivity contribution in [1.29, 1.82) is 0 Å². The van der Waals surface area contributed by atoms with Crippen LogP contribution in [0.4, 0.5) is 0 Å². The SMILES string of the molecule is CCCCCC/C=C\C=C/CCCCCCCC(=O)O[C@H](COC(=O)CCCCCCCCCC(C)C)COP(=O)(O)OCC(O)COP(=O)(O)OC[C@@H](COC(=O)CCCCCCCCC(C)CC)OC(=O)CCCCCCCCCCCCCCC(C)C. The summed E-state index contributed by atoms with van der Waals surface area (Å²) in [6, 6.07) is 0. The average Bonchev–Trinajstić information content (AvgIpc) is 3.67. The maximum Gasteiger partial charge on any atom is 0.472 e. The minimum Gasteiger partial charge on any atom is -0.462 e. The fourth-order valence-corrected chi connectivity index (χ4v) is 11.7. The molecular formula is C71H134O17P2. The molecular weight excluding hydrogens is 1190 g/mol. The van der Waals surface area contributed by atoms with Gasteiger partial charge in [-0.2, -0.15) is 0 Å². The number of hydrogen-bond acceptors (Lipinski definition) is 15. The van der Waals surface area contributed by atoms with Gasteiger partial charge in [-0.25, -0.2) is 9.13 Å². The number of aliphatic hydroxyl groups excluding tert-OH is 1. The lowest BCUT2D eigenvalue weighted by molar-refractivity contribution is -0.161. The van der Waals surface area contributed by atoms with Crippen LogP contribution in [0.2, 0.25) is 0 Å². The van der Waals surface area contributed by atoms with Gasteiger partial charge in [0, 0.05) is 25.7 Å². The standard InChI is InChI=1S/C71H134O17P2/c1-8-10-11-12-13-14-15-16-17-18-22-25-30-40-47-54-70(75)87-66(58-81-68(73)52-45-38-32-27-29-36-43-50-63(5)6)60-85-89(77,78)83-56-65(72)57-84-90(79,80)86-61-67(59-82-69(74)53-46-39-34-33-37-44-51-64(7)9-2)88-71(76)55-48-41-31-26-23-20-19-21-24-28-35-42-49-62(3)4/h14-17,62-67,72H,8-13,18-61H2,1-7H3,(H,77,78)(H,79,80)/b15-14-,17-16-/t64?,65?,66-,67-/m1/s1. The molecule has 0 aliphatic rings. The fraction of sp³-hybridized carbons (Fsp3) is 0.887. The number of esters is 4. The van der Waals surface area contributed by atoms with Crippen molar-refractivity contribution in [2.45, 2.75) is 349 Å². The Morgan fingerprint density at radius 2 is 0.656 bits per heavy atom. The number of hydrogen-bond donors (Lipinski definition) is 3. The number of phosphoric acid groups is 2. The highest BCUT2D eigenvalue weighted by Gasteiger charge is 2.30. The van der Waals surface area contributed by atoms with E-state index >= 15 is 0 Å². The van der Waals surface area contributed by atoms with Crippen LogP contribution >= 0.6 is 15.6 Å². The van der Waals surface area contributed by atoms with Crippen LogP contribution < -0.4 is 0 Å². The van der Waals surface area contributed by atoms with Crippen molar-refractivity contribution in [2.24, 2.45) is 17.8 Å². The van der Waals surface area contributed by atoms with Crippen LogP contribution in [0.1, 0.15) is 331 Å². The summed E-state index contributed by atoms with van der Waals surface area (Å²) >= 11 is 0. The highest BCUT2D eigenvalue weighted by Crippen LogP contribution is 2.45. The lowest BCUT2D eigenvalue weighted by Crippen LogP contribution is -2.30. The van der Waals surface area contributed by atoms with E-state index in [-0.39, 0.29) is 25.7 Å². The van der Waals surface area contributed by atoms with E-state index in [4.69, 9.17) is 37.0 Å². The summed E-state index contributed by atoms with van der Waals surface area (Å²) in [5.41, 5.74) is 0. The molecule has 0 amide bonds. The van der Waals surface area contributed by atoms with Gasteiger partial charge < -0.3 is 33.8 Å². The van der Waals surface area contributed by atoms with Crippen molar-refractivity contribution in [3.05, 3.63) is 24.3 Å². The highest BCUT2D eigenvalue weighted by molar-refractivity contribution is 7.47. The van der Waals surface area contributed by atoms with Gasteiger partial charge in [-0.05, 0) is 69.1 Å². The van der Waals surface area contributed by atoms with Gasteiger partial charge in [0.05, 0.1) is 26.4 Å². The van der Waals surface area contributed by atoms with Gasteiger partial charge in [-0.15, -0.1) is 0 Å². The largest absolute Gasteiger partial charge is 0.472 e. The first-order valence-electron chi connectivity index (χ1n) is 36.2. The molecule has 90 heavy (non-hydrogen) atoms. The Morgan fingerprint density at radius 3 is 0.989 bits per heavy atom. The van der Waals surface area contributed by atoms with Gasteiger partial charge in [-0.3, -0.25) is 37.3 Å². The number of carbonyl (C=O) groups excluding carboxylic acids is 4. The number of carbonyl (C=O) groups is 4. The number of aliphatic hydroxyl groups is 1. The van der Waals surface area contributed by atoms with E-state index in [9.17, 15) is 43.2 Å². The number of rotatable bonds is 67. The molecule has 0 aliphatic carbocycles. The van der Waals surface area contributed by atoms with Gasteiger partial charge in [0.25, 0.3) is 0 Å². The van der Waals surface area contributed by atoms with Gasteiger partial charge in [-0.1, -0.05) is 278 Å². The van der Waals surface area contributed by atoms with Crippen LogP contribution in [0.3, 0.4) is 0 Å². The third-order valence-corrected chi connectivity index (χ3v) is 18.0. The summed E-state index contributed by atoms with van der Waals surface area (Å²) < 4.78 is 68.2. The van der Waals surface area contributed by atoms with Crippen molar-refractivity contribution in [2.75, 3.05) is 39.6 Å². The zero-order chi connectivity index (χ0) is 66.6. The van der Waals surface area contributed by atoms with Gasteiger partial charge in [0.1, 0.15) is 19.3 Å². The molecule has 0 radical (unpaired) electrons. The molecule has 4 unspecified atom stereocenters. The Kier molecular flexibility index (Phi) is 59.7. The molecule has 0 aromatic heterocycles. The smallest absolute Gasteiger partial charge is 0.462 e. The molecule has 0 saturated carbocycles. The van der Waals surface area contributed by atoms with Crippen LogP contribution in [0.5, 0.6) is 0 Å². The van der Waals surface area contributed by atoms with Crippen molar-refractivity contribution in [3.63, 3.8) is 0 Å². The summed E-state index contributed by atoms with van der Waals surface area (Å²) in [6.07, 6.45) is 48.1. The van der Waals surface area contributed by atoms with Crippen LogP contribution in [-0.4, -0.2) is 96.7 Å². The van der Waals surface area contributed by atoms with E-state index in [1.165, 1.54) is 116 Å². The Bertz CT molecular complexity index is 1860. The highest BCUT2D eigenvalue weighted by atomic mass is 31.2. The van der Waals surface area contributed by atoms with Gasteiger partial charge >= 0.3 is 39.5 Å². The summed E-state index contributed by atoms with van der Waals surface area (Å²) in [7, 11) is -9.92. The summed E-state index contributed by atoms with van der Waals surface area (Å²) in [5, 5.41) is 10.6. The second kappa shape index (κ2) is 61.4. The Labute approximate surface area is 548 Å². The molecule has 0 spiro atoms. The third kappa shape index (κ3) is 63.0. The van der Waals surface area contributed by atoms with Crippen molar-refractivity contribution in [3.8, 4) is 0 Å². The molecule has 0 aromatic carbocycles. The zero-order valence-electron chi connectivity index (χ0n) is 58.1. The van der Waals surface area contributed by atoms with Gasteiger partial charge in [0.2, 0.25) is 0 Å². The number of allylic oxidation sites excluding steroid dienone is 4. The van der Waals surface area contributed by atoms with Crippen molar-refractivity contribution >= 4 is 39.5 Å². The van der Waals surface area contributed by atoms with Crippen LogP contribution in [-0.2, 0) is 65.4 Å². The first kappa shape index (κ1) is 87.5. The molecule has 0 fully saturated rings. The second-order valence-corrected chi connectivity index (χ2v) is 29.0. The van der Waals surface area contributed by atoms with E-state index < -0.39 is 97.5 Å². The molecule has 0 rings (SSSR count). The Hall–Kier alpha value is -2.46. The normalized spacial score (nSPS) is 14.7. The lowest BCUT2D eigenvalue weighted by atomic mass is 10.00.